The summed E-state index contributed by atoms with van der Waals surface area (Å²) in [4.78, 5) is 0. The van der Waals surface area contributed by atoms with Crippen LogP contribution >= 0.6 is 7.59 Å². The molecule has 1 heterocycles. The van der Waals surface area contributed by atoms with Gasteiger partial charge in [0.25, 0.3) is 7.59 Å². The maximum atomic E-state index is 13.9. The standard InChI is InChI=1S/C18H32N3OP/c1-18(2,3)14-17-16-11-9-8-10-15(16)12-13-21(17)23(22,19(4)5)20(6)7/h8-11,17H,12-14H2,1-7H3. The second-order valence-corrected chi connectivity index (χ2v) is 11.2. The van der Waals surface area contributed by atoms with Crippen LogP contribution in [-0.2, 0) is 11.0 Å². The van der Waals surface area contributed by atoms with E-state index in [-0.39, 0.29) is 11.5 Å². The van der Waals surface area contributed by atoms with Crippen molar-refractivity contribution < 1.29 is 4.57 Å². The van der Waals surface area contributed by atoms with Crippen LogP contribution in [0.3, 0.4) is 0 Å². The predicted molar refractivity (Wildman–Crippen MR) is 98.6 cm³/mol. The summed E-state index contributed by atoms with van der Waals surface area (Å²) in [6, 6.07) is 8.84. The molecule has 1 atom stereocenters. The summed E-state index contributed by atoms with van der Waals surface area (Å²) < 4.78 is 19.9. The topological polar surface area (TPSA) is 26.8 Å². The van der Waals surface area contributed by atoms with Gasteiger partial charge in [-0.3, -0.25) is 4.57 Å². The van der Waals surface area contributed by atoms with Gasteiger partial charge < -0.3 is 0 Å². The van der Waals surface area contributed by atoms with Gasteiger partial charge in [0.2, 0.25) is 0 Å². The van der Waals surface area contributed by atoms with Crippen LogP contribution in [0.4, 0.5) is 0 Å². The van der Waals surface area contributed by atoms with Crippen LogP contribution in [0.5, 0.6) is 0 Å². The zero-order valence-corrected chi connectivity index (χ0v) is 16.6. The second kappa shape index (κ2) is 6.68. The van der Waals surface area contributed by atoms with Gasteiger partial charge in [-0.1, -0.05) is 45.0 Å². The summed E-state index contributed by atoms with van der Waals surface area (Å²) in [5, 5.41) is 0. The van der Waals surface area contributed by atoms with E-state index >= 15 is 0 Å². The summed E-state index contributed by atoms with van der Waals surface area (Å²) in [6.07, 6.45) is 1.96. The molecule has 1 unspecified atom stereocenters. The fourth-order valence-corrected chi connectivity index (χ4v) is 6.13. The SMILES string of the molecule is CN(C)P(=O)(N(C)C)N1CCc2ccccc2C1CC(C)(C)C. The van der Waals surface area contributed by atoms with Crippen LogP contribution in [0.2, 0.25) is 0 Å². The van der Waals surface area contributed by atoms with Crippen molar-refractivity contribution in [1.29, 1.82) is 0 Å². The van der Waals surface area contributed by atoms with Gasteiger partial charge in [-0.15, -0.1) is 0 Å². The molecule has 0 radical (unpaired) electrons. The first-order valence-corrected chi connectivity index (χ1v) is 9.94. The van der Waals surface area contributed by atoms with Gasteiger partial charge in [0.1, 0.15) is 0 Å². The molecule has 0 aliphatic carbocycles. The molecule has 0 aromatic heterocycles. The van der Waals surface area contributed by atoms with Crippen LogP contribution in [0, 0.1) is 5.41 Å². The lowest BCUT2D eigenvalue weighted by atomic mass is 9.82. The van der Waals surface area contributed by atoms with E-state index in [1.165, 1.54) is 11.1 Å². The third-order valence-electron chi connectivity index (χ3n) is 4.57. The summed E-state index contributed by atoms with van der Waals surface area (Å²) in [6.45, 7) is 7.63. The highest BCUT2D eigenvalue weighted by molar-refractivity contribution is 7.56. The van der Waals surface area contributed by atoms with E-state index in [9.17, 15) is 4.57 Å². The molecule has 0 fully saturated rings. The smallest absolute Gasteiger partial charge is 0.270 e. The molecular weight excluding hydrogens is 305 g/mol. The van der Waals surface area contributed by atoms with Crippen LogP contribution in [0.1, 0.15) is 44.4 Å². The van der Waals surface area contributed by atoms with Crippen molar-refractivity contribution in [2.45, 2.75) is 39.7 Å². The molecule has 0 spiro atoms. The number of nitrogens with zero attached hydrogens (tertiary/aromatic N) is 3. The first kappa shape index (κ1) is 18.7. The lowest BCUT2D eigenvalue weighted by Gasteiger charge is -2.47. The molecule has 0 saturated carbocycles. The Morgan fingerprint density at radius 2 is 1.70 bits per heavy atom. The van der Waals surface area contributed by atoms with Gasteiger partial charge in [-0.2, -0.15) is 0 Å². The average molecular weight is 337 g/mol. The highest BCUT2D eigenvalue weighted by Gasteiger charge is 2.43. The van der Waals surface area contributed by atoms with E-state index in [0.717, 1.165) is 19.4 Å². The molecule has 1 aromatic carbocycles. The monoisotopic (exact) mass is 337 g/mol. The van der Waals surface area contributed by atoms with Crippen molar-refractivity contribution in [1.82, 2.24) is 14.0 Å². The Morgan fingerprint density at radius 1 is 1.13 bits per heavy atom. The van der Waals surface area contributed by atoms with Gasteiger partial charge in [-0.25, -0.2) is 14.0 Å². The van der Waals surface area contributed by atoms with E-state index < -0.39 is 7.59 Å². The Kier molecular flexibility index (Phi) is 5.42. The summed E-state index contributed by atoms with van der Waals surface area (Å²) in [7, 11) is 4.97. The highest BCUT2D eigenvalue weighted by atomic mass is 31.2. The fourth-order valence-electron chi connectivity index (χ4n) is 3.56. The first-order valence-electron chi connectivity index (χ1n) is 8.38. The molecule has 1 aliphatic heterocycles. The lowest BCUT2D eigenvalue weighted by Crippen LogP contribution is -2.42. The van der Waals surface area contributed by atoms with Crippen LogP contribution in [0.15, 0.2) is 24.3 Å². The fraction of sp³-hybridized carbons (Fsp3) is 0.667. The molecule has 0 saturated heterocycles. The van der Waals surface area contributed by atoms with Gasteiger partial charge in [-0.05, 0) is 57.6 Å². The minimum absolute atomic E-state index is 0.177. The maximum Gasteiger partial charge on any atom is 0.286 e. The molecule has 0 bridgehead atoms. The van der Waals surface area contributed by atoms with Crippen LogP contribution < -0.4 is 0 Å². The minimum Gasteiger partial charge on any atom is -0.270 e. The number of rotatable bonds is 4. The van der Waals surface area contributed by atoms with Gasteiger partial charge in [0.15, 0.2) is 0 Å². The molecule has 2 rings (SSSR count). The van der Waals surface area contributed by atoms with E-state index in [4.69, 9.17) is 0 Å². The molecule has 0 N–H and O–H groups in total. The van der Waals surface area contributed by atoms with Crippen molar-refractivity contribution in [3.63, 3.8) is 0 Å². The molecule has 1 aliphatic rings. The first-order chi connectivity index (χ1) is 10.6. The highest BCUT2D eigenvalue weighted by Crippen LogP contribution is 2.59. The Morgan fingerprint density at radius 3 is 2.22 bits per heavy atom. The normalized spacial score (nSPS) is 20.1. The Balaban J connectivity index is 2.52. The third-order valence-corrected chi connectivity index (χ3v) is 7.80. The van der Waals surface area contributed by atoms with E-state index in [1.807, 2.05) is 37.5 Å². The van der Waals surface area contributed by atoms with E-state index in [2.05, 4.69) is 49.7 Å². The molecule has 5 heteroatoms. The lowest BCUT2D eigenvalue weighted by molar-refractivity contribution is 0.198. The summed E-state index contributed by atoms with van der Waals surface area (Å²) in [5.74, 6) is 0. The van der Waals surface area contributed by atoms with Gasteiger partial charge in [0.05, 0.1) is 0 Å². The van der Waals surface area contributed by atoms with Crippen LogP contribution in [-0.4, -0.2) is 48.7 Å². The van der Waals surface area contributed by atoms with Crippen LogP contribution in [0.25, 0.3) is 0 Å². The van der Waals surface area contributed by atoms with Crippen molar-refractivity contribution in [3.8, 4) is 0 Å². The van der Waals surface area contributed by atoms with Gasteiger partial charge >= 0.3 is 0 Å². The number of benzene rings is 1. The molecule has 4 nitrogen and oxygen atoms in total. The summed E-state index contributed by atoms with van der Waals surface area (Å²) in [5.41, 5.74) is 2.93. The third kappa shape index (κ3) is 3.71. The van der Waals surface area contributed by atoms with Crippen molar-refractivity contribution in [2.24, 2.45) is 5.41 Å². The minimum atomic E-state index is -2.74. The molecule has 1 aromatic rings. The molecule has 0 amide bonds. The van der Waals surface area contributed by atoms with Crippen molar-refractivity contribution in [3.05, 3.63) is 35.4 Å². The molecule has 23 heavy (non-hydrogen) atoms. The Hall–Kier alpha value is -0.670. The second-order valence-electron chi connectivity index (χ2n) is 8.10. The summed E-state index contributed by atoms with van der Waals surface area (Å²) >= 11 is 0. The van der Waals surface area contributed by atoms with E-state index in [1.54, 1.807) is 0 Å². The molecular formula is C18H32N3OP. The number of hydrogen-bond acceptors (Lipinski definition) is 1. The Bertz CT molecular complexity index is 580. The molecule has 130 valence electrons. The van der Waals surface area contributed by atoms with Crippen molar-refractivity contribution in [2.75, 3.05) is 34.7 Å². The zero-order chi connectivity index (χ0) is 17.4. The van der Waals surface area contributed by atoms with Crippen molar-refractivity contribution >= 4 is 7.59 Å². The zero-order valence-electron chi connectivity index (χ0n) is 15.7. The van der Waals surface area contributed by atoms with Gasteiger partial charge in [0, 0.05) is 12.6 Å². The maximum absolute atomic E-state index is 13.9. The number of fused-ring (bicyclic) bond motifs is 1. The van der Waals surface area contributed by atoms with E-state index in [0.29, 0.717) is 0 Å². The largest absolute Gasteiger partial charge is 0.286 e. The average Bonchev–Trinajstić information content (AvgIpc) is 2.45. The Labute approximate surface area is 142 Å². The number of hydrogen-bond donors (Lipinski definition) is 0. The quantitative estimate of drug-likeness (QED) is 0.767. The predicted octanol–water partition coefficient (Wildman–Crippen LogP) is 4.25.